The maximum atomic E-state index is 9.60. The lowest BCUT2D eigenvalue weighted by Gasteiger charge is -2.09. The van der Waals surface area contributed by atoms with Crippen LogP contribution in [0.3, 0.4) is 0 Å². The lowest BCUT2D eigenvalue weighted by molar-refractivity contribution is 0.199. The van der Waals surface area contributed by atoms with Crippen LogP contribution in [0.2, 0.25) is 0 Å². The summed E-state index contributed by atoms with van der Waals surface area (Å²) in [6, 6.07) is 14.6. The molecule has 1 atom stereocenters. The molecular formula is C16H18O. The maximum absolute atomic E-state index is 9.60. The monoisotopic (exact) mass is 226 g/mol. The highest BCUT2D eigenvalue weighted by Crippen LogP contribution is 2.25. The van der Waals surface area contributed by atoms with Gasteiger partial charge in [0.05, 0.1) is 6.10 Å². The van der Waals surface area contributed by atoms with Crippen LogP contribution in [0, 0.1) is 13.8 Å². The third kappa shape index (κ3) is 2.75. The molecule has 0 radical (unpaired) electrons. The number of benzene rings is 2. The van der Waals surface area contributed by atoms with E-state index in [0.717, 1.165) is 11.1 Å². The molecule has 17 heavy (non-hydrogen) atoms. The smallest absolute Gasteiger partial charge is 0.0762 e. The fourth-order valence-corrected chi connectivity index (χ4v) is 2.12. The quantitative estimate of drug-likeness (QED) is 0.820. The third-order valence-electron chi connectivity index (χ3n) is 2.92. The van der Waals surface area contributed by atoms with Gasteiger partial charge in [-0.2, -0.15) is 0 Å². The molecule has 0 aliphatic heterocycles. The highest BCUT2D eigenvalue weighted by molar-refractivity contribution is 5.66. The summed E-state index contributed by atoms with van der Waals surface area (Å²) in [5, 5.41) is 9.60. The molecule has 0 bridgehead atoms. The molecule has 0 heterocycles. The lowest BCUT2D eigenvalue weighted by Crippen LogP contribution is -1.91. The minimum Gasteiger partial charge on any atom is -0.389 e. The van der Waals surface area contributed by atoms with E-state index in [1.165, 1.54) is 16.7 Å². The molecule has 0 amide bonds. The number of rotatable bonds is 2. The second-order valence-electron chi connectivity index (χ2n) is 4.68. The van der Waals surface area contributed by atoms with Gasteiger partial charge in [-0.15, -0.1) is 0 Å². The van der Waals surface area contributed by atoms with E-state index < -0.39 is 6.10 Å². The van der Waals surface area contributed by atoms with Gasteiger partial charge in [-0.25, -0.2) is 0 Å². The van der Waals surface area contributed by atoms with Crippen LogP contribution in [0.5, 0.6) is 0 Å². The van der Waals surface area contributed by atoms with E-state index >= 15 is 0 Å². The van der Waals surface area contributed by atoms with E-state index in [-0.39, 0.29) is 0 Å². The predicted molar refractivity (Wildman–Crippen MR) is 72.0 cm³/mol. The maximum Gasteiger partial charge on any atom is 0.0762 e. The van der Waals surface area contributed by atoms with Crippen LogP contribution in [0.25, 0.3) is 11.1 Å². The Morgan fingerprint density at radius 1 is 0.882 bits per heavy atom. The summed E-state index contributed by atoms with van der Waals surface area (Å²) in [7, 11) is 0. The Morgan fingerprint density at radius 2 is 1.53 bits per heavy atom. The topological polar surface area (TPSA) is 20.2 Å². The van der Waals surface area contributed by atoms with Crippen LogP contribution in [0.4, 0.5) is 0 Å². The summed E-state index contributed by atoms with van der Waals surface area (Å²) in [5.41, 5.74) is 5.87. The van der Waals surface area contributed by atoms with Gasteiger partial charge in [0.15, 0.2) is 0 Å². The van der Waals surface area contributed by atoms with Crippen molar-refractivity contribution in [3.63, 3.8) is 0 Å². The first-order chi connectivity index (χ1) is 8.06. The van der Waals surface area contributed by atoms with Crippen molar-refractivity contribution in [3.8, 4) is 11.1 Å². The van der Waals surface area contributed by atoms with Crippen molar-refractivity contribution >= 4 is 0 Å². The van der Waals surface area contributed by atoms with Crippen LogP contribution < -0.4 is 0 Å². The Kier molecular flexibility index (Phi) is 3.30. The molecule has 0 aliphatic rings. The van der Waals surface area contributed by atoms with Crippen molar-refractivity contribution in [1.29, 1.82) is 0 Å². The number of aliphatic hydroxyl groups is 1. The van der Waals surface area contributed by atoms with Crippen molar-refractivity contribution in [1.82, 2.24) is 0 Å². The summed E-state index contributed by atoms with van der Waals surface area (Å²) in [6.45, 7) is 6.00. The second kappa shape index (κ2) is 4.72. The number of hydrogen-bond donors (Lipinski definition) is 1. The molecule has 0 aromatic heterocycles. The average molecular weight is 226 g/mol. The molecule has 0 saturated heterocycles. The minimum absolute atomic E-state index is 0.416. The molecule has 2 aromatic rings. The fourth-order valence-electron chi connectivity index (χ4n) is 2.12. The molecule has 0 unspecified atom stereocenters. The molecular weight excluding hydrogens is 208 g/mol. The van der Waals surface area contributed by atoms with Gasteiger partial charge >= 0.3 is 0 Å². The third-order valence-corrected chi connectivity index (χ3v) is 2.92. The molecule has 88 valence electrons. The Balaban J connectivity index is 2.49. The van der Waals surface area contributed by atoms with E-state index in [9.17, 15) is 5.11 Å². The first-order valence-electron chi connectivity index (χ1n) is 5.93. The normalized spacial score (nSPS) is 12.5. The van der Waals surface area contributed by atoms with Crippen LogP contribution in [0.1, 0.15) is 29.7 Å². The molecule has 2 rings (SSSR count). The molecule has 0 fully saturated rings. The van der Waals surface area contributed by atoms with Crippen molar-refractivity contribution in [2.75, 3.05) is 0 Å². The average Bonchev–Trinajstić information content (AvgIpc) is 2.28. The van der Waals surface area contributed by atoms with E-state index in [1.54, 1.807) is 6.92 Å². The SMILES string of the molecule is Cc1cc(C)cc(-c2cccc([C@H](C)O)c2)c1. The van der Waals surface area contributed by atoms with Crippen LogP contribution in [-0.2, 0) is 0 Å². The van der Waals surface area contributed by atoms with Gasteiger partial charge in [-0.1, -0.05) is 47.5 Å². The van der Waals surface area contributed by atoms with Gasteiger partial charge in [0, 0.05) is 0 Å². The van der Waals surface area contributed by atoms with Gasteiger partial charge in [0.1, 0.15) is 0 Å². The predicted octanol–water partition coefficient (Wildman–Crippen LogP) is 4.02. The summed E-state index contributed by atoms with van der Waals surface area (Å²) < 4.78 is 0. The number of hydrogen-bond acceptors (Lipinski definition) is 1. The van der Waals surface area contributed by atoms with Gasteiger partial charge in [-0.05, 0) is 43.5 Å². The van der Waals surface area contributed by atoms with Crippen molar-refractivity contribution < 1.29 is 5.11 Å². The summed E-state index contributed by atoms with van der Waals surface area (Å²) in [6.07, 6.45) is -0.416. The molecule has 0 spiro atoms. The van der Waals surface area contributed by atoms with Crippen molar-refractivity contribution in [3.05, 3.63) is 59.2 Å². The van der Waals surface area contributed by atoms with Crippen molar-refractivity contribution in [2.45, 2.75) is 26.9 Å². The summed E-state index contributed by atoms with van der Waals surface area (Å²) in [4.78, 5) is 0. The number of aryl methyl sites for hydroxylation is 2. The van der Waals surface area contributed by atoms with E-state index in [0.29, 0.717) is 0 Å². The fraction of sp³-hybridized carbons (Fsp3) is 0.250. The molecule has 1 N–H and O–H groups in total. The summed E-state index contributed by atoms with van der Waals surface area (Å²) >= 11 is 0. The molecule has 0 saturated carbocycles. The van der Waals surface area contributed by atoms with Crippen LogP contribution in [-0.4, -0.2) is 5.11 Å². The first kappa shape index (κ1) is 11.9. The van der Waals surface area contributed by atoms with Crippen LogP contribution in [0.15, 0.2) is 42.5 Å². The highest BCUT2D eigenvalue weighted by atomic mass is 16.3. The van der Waals surface area contributed by atoms with Crippen molar-refractivity contribution in [2.24, 2.45) is 0 Å². The Labute approximate surface area is 103 Å². The van der Waals surface area contributed by atoms with E-state index in [2.05, 4.69) is 44.2 Å². The Morgan fingerprint density at radius 3 is 2.12 bits per heavy atom. The van der Waals surface area contributed by atoms with Gasteiger partial charge in [0.25, 0.3) is 0 Å². The van der Waals surface area contributed by atoms with Gasteiger partial charge < -0.3 is 5.11 Å². The zero-order valence-electron chi connectivity index (χ0n) is 10.6. The zero-order valence-corrected chi connectivity index (χ0v) is 10.6. The lowest BCUT2D eigenvalue weighted by atomic mass is 9.98. The molecule has 2 aromatic carbocycles. The summed E-state index contributed by atoms with van der Waals surface area (Å²) in [5.74, 6) is 0. The second-order valence-corrected chi connectivity index (χ2v) is 4.68. The van der Waals surface area contributed by atoms with Gasteiger partial charge in [-0.3, -0.25) is 0 Å². The van der Waals surface area contributed by atoms with Gasteiger partial charge in [0.2, 0.25) is 0 Å². The first-order valence-corrected chi connectivity index (χ1v) is 5.93. The standard InChI is InChI=1S/C16H18O/c1-11-7-12(2)9-16(8-11)15-6-4-5-14(10-15)13(3)17/h4-10,13,17H,1-3H3/t13-/m0/s1. The molecule has 0 aliphatic carbocycles. The van der Waals surface area contributed by atoms with E-state index in [1.807, 2.05) is 12.1 Å². The van der Waals surface area contributed by atoms with Crippen LogP contribution >= 0.6 is 0 Å². The largest absolute Gasteiger partial charge is 0.389 e. The highest BCUT2D eigenvalue weighted by Gasteiger charge is 2.04. The number of aliphatic hydroxyl groups excluding tert-OH is 1. The zero-order chi connectivity index (χ0) is 12.4. The van der Waals surface area contributed by atoms with E-state index in [4.69, 9.17) is 0 Å². The Hall–Kier alpha value is -1.60. The molecule has 1 nitrogen and oxygen atoms in total. The minimum atomic E-state index is -0.416. The Bertz CT molecular complexity index is 507. The molecule has 1 heteroatoms.